The van der Waals surface area contributed by atoms with Gasteiger partial charge >= 0.3 is 0 Å². The highest BCUT2D eigenvalue weighted by atomic mass is 31.0. The van der Waals surface area contributed by atoms with Crippen molar-refractivity contribution in [1.82, 2.24) is 9.99 Å². The molecule has 0 fully saturated rings. The number of nitrogens with zero attached hydrogens (tertiary/aromatic N) is 1. The Balaban J connectivity index is 2.19. The Kier molecular flexibility index (Phi) is 11.0. The summed E-state index contributed by atoms with van der Waals surface area (Å²) >= 11 is 0. The van der Waals surface area contributed by atoms with Crippen LogP contribution in [0.3, 0.4) is 0 Å². The van der Waals surface area contributed by atoms with Crippen LogP contribution in [0.25, 0.3) is 11.1 Å². The normalized spacial score (nSPS) is 12.6. The number of aryl methyl sites for hydroxylation is 2. The smallest absolute Gasteiger partial charge is 0.0594 e. The third-order valence-electron chi connectivity index (χ3n) is 5.41. The number of ether oxygens (including phenoxy) is 1. The highest BCUT2D eigenvalue weighted by molar-refractivity contribution is 7.13. The van der Waals surface area contributed by atoms with Gasteiger partial charge in [0.15, 0.2) is 0 Å². The number of benzene rings is 2. The third-order valence-corrected chi connectivity index (χ3v) is 5.70. The quantitative estimate of drug-likeness (QED) is 0.359. The van der Waals surface area contributed by atoms with Crippen molar-refractivity contribution < 1.29 is 4.74 Å². The molecule has 4 heteroatoms. The summed E-state index contributed by atoms with van der Waals surface area (Å²) in [6.07, 6.45) is 4.50. The first-order valence-corrected chi connectivity index (χ1v) is 11.3. The first-order valence-electron chi connectivity index (χ1n) is 10.8. The van der Waals surface area contributed by atoms with Gasteiger partial charge in [-0.05, 0) is 61.1 Å². The first-order chi connectivity index (χ1) is 14.6. The molecular weight excluding hydrogens is 387 g/mol. The molecule has 0 saturated heterocycles. The fourth-order valence-electron chi connectivity index (χ4n) is 3.65. The lowest BCUT2D eigenvalue weighted by atomic mass is 9.98. The maximum atomic E-state index is 5.84. The van der Waals surface area contributed by atoms with E-state index >= 15 is 0 Å². The van der Waals surface area contributed by atoms with E-state index < -0.39 is 0 Å². The Labute approximate surface area is 185 Å². The second-order valence-corrected chi connectivity index (χ2v) is 7.94. The van der Waals surface area contributed by atoms with Gasteiger partial charge in [-0.3, -0.25) is 9.99 Å². The van der Waals surface area contributed by atoms with E-state index in [0.717, 1.165) is 39.4 Å². The lowest BCUT2D eigenvalue weighted by Gasteiger charge is -2.26. The standard InChI is InChI=1S/C26H37N2OP/c1-5-23(25-13-9-7-11-21(25)3)19-28(16-18-29-17-15-27-30)20-24(6-2)26-14-10-8-12-22(26)4/h5-14,27H,15-20,30H2,1-4H3/b23-5-,24-6-. The van der Waals surface area contributed by atoms with Crippen LogP contribution in [-0.4, -0.2) is 44.3 Å². The van der Waals surface area contributed by atoms with Gasteiger partial charge in [0.05, 0.1) is 13.2 Å². The first kappa shape index (κ1) is 24.5. The summed E-state index contributed by atoms with van der Waals surface area (Å²) in [6, 6.07) is 17.3. The lowest BCUT2D eigenvalue weighted by molar-refractivity contribution is 0.116. The summed E-state index contributed by atoms with van der Waals surface area (Å²) in [5.74, 6) is 0. The fourth-order valence-corrected chi connectivity index (χ4v) is 3.77. The van der Waals surface area contributed by atoms with E-state index in [1.807, 2.05) is 0 Å². The minimum Gasteiger partial charge on any atom is -0.379 e. The molecule has 0 aliphatic heterocycles. The SMILES string of the molecule is C/C=C(/CN(CCOCCNP)C/C(=C/C)c1ccccc1C)c1ccccc1C. The fraction of sp³-hybridized carbons (Fsp3) is 0.385. The zero-order chi connectivity index (χ0) is 21.8. The van der Waals surface area contributed by atoms with Crippen molar-refractivity contribution in [2.75, 3.05) is 39.4 Å². The number of hydrogen-bond donors (Lipinski definition) is 1. The number of nitrogens with one attached hydrogen (secondary N) is 1. The van der Waals surface area contributed by atoms with Crippen LogP contribution in [-0.2, 0) is 4.74 Å². The van der Waals surface area contributed by atoms with Crippen LogP contribution >= 0.6 is 9.39 Å². The molecule has 30 heavy (non-hydrogen) atoms. The Hall–Kier alpha value is -1.77. The lowest BCUT2D eigenvalue weighted by Crippen LogP contribution is -2.31. The van der Waals surface area contributed by atoms with Gasteiger partial charge in [-0.1, -0.05) is 70.1 Å². The monoisotopic (exact) mass is 424 g/mol. The van der Waals surface area contributed by atoms with Crippen molar-refractivity contribution in [3.63, 3.8) is 0 Å². The Morgan fingerprint density at radius 3 is 1.80 bits per heavy atom. The second-order valence-electron chi connectivity index (χ2n) is 7.53. The molecule has 0 heterocycles. The molecule has 3 nitrogen and oxygen atoms in total. The topological polar surface area (TPSA) is 24.5 Å². The van der Waals surface area contributed by atoms with Crippen LogP contribution in [0.1, 0.15) is 36.1 Å². The third kappa shape index (κ3) is 7.49. The van der Waals surface area contributed by atoms with Gasteiger partial charge in [-0.2, -0.15) is 0 Å². The van der Waals surface area contributed by atoms with Gasteiger partial charge in [0.2, 0.25) is 0 Å². The zero-order valence-electron chi connectivity index (χ0n) is 18.9. The molecule has 0 saturated carbocycles. The van der Waals surface area contributed by atoms with Gasteiger partial charge in [-0.15, -0.1) is 0 Å². The molecule has 0 aliphatic carbocycles. The molecule has 0 aliphatic rings. The average Bonchev–Trinajstić information content (AvgIpc) is 2.76. The molecule has 0 bridgehead atoms. The van der Waals surface area contributed by atoms with E-state index in [0.29, 0.717) is 0 Å². The van der Waals surface area contributed by atoms with Crippen molar-refractivity contribution in [1.29, 1.82) is 0 Å². The predicted molar refractivity (Wildman–Crippen MR) is 135 cm³/mol. The summed E-state index contributed by atoms with van der Waals surface area (Å²) in [4.78, 5) is 2.50. The van der Waals surface area contributed by atoms with Crippen molar-refractivity contribution in [2.45, 2.75) is 27.7 Å². The average molecular weight is 425 g/mol. The molecule has 0 aromatic heterocycles. The van der Waals surface area contributed by atoms with E-state index in [9.17, 15) is 0 Å². The molecule has 0 spiro atoms. The van der Waals surface area contributed by atoms with Gasteiger partial charge < -0.3 is 4.74 Å². The van der Waals surface area contributed by atoms with Gasteiger partial charge in [0, 0.05) is 26.2 Å². The second kappa shape index (κ2) is 13.5. The van der Waals surface area contributed by atoms with Crippen LogP contribution in [0.5, 0.6) is 0 Å². The molecular formula is C26H37N2OP. The molecule has 162 valence electrons. The predicted octanol–water partition coefficient (Wildman–Crippen LogP) is 5.51. The molecule has 2 aromatic carbocycles. The van der Waals surface area contributed by atoms with Gasteiger partial charge in [-0.25, -0.2) is 0 Å². The largest absolute Gasteiger partial charge is 0.379 e. The molecule has 1 N–H and O–H groups in total. The van der Waals surface area contributed by atoms with E-state index in [2.05, 4.69) is 108 Å². The Morgan fingerprint density at radius 1 is 0.867 bits per heavy atom. The summed E-state index contributed by atoms with van der Waals surface area (Å²) in [5, 5.41) is 3.05. The van der Waals surface area contributed by atoms with Crippen LogP contribution in [0.2, 0.25) is 0 Å². The molecule has 1 unspecified atom stereocenters. The number of hydrogen-bond acceptors (Lipinski definition) is 3. The van der Waals surface area contributed by atoms with Crippen LogP contribution < -0.4 is 5.09 Å². The van der Waals surface area contributed by atoms with Gasteiger partial charge in [0.25, 0.3) is 0 Å². The highest BCUT2D eigenvalue weighted by Gasteiger charge is 2.14. The highest BCUT2D eigenvalue weighted by Crippen LogP contribution is 2.23. The van der Waals surface area contributed by atoms with E-state index in [4.69, 9.17) is 4.74 Å². The molecule has 2 aromatic rings. The number of rotatable bonds is 12. The van der Waals surface area contributed by atoms with Crippen LogP contribution in [0.4, 0.5) is 0 Å². The summed E-state index contributed by atoms with van der Waals surface area (Å²) in [7, 11) is 2.52. The Bertz CT molecular complexity index is 781. The van der Waals surface area contributed by atoms with E-state index in [-0.39, 0.29) is 0 Å². The summed E-state index contributed by atoms with van der Waals surface area (Å²) in [5.41, 5.74) is 8.02. The van der Waals surface area contributed by atoms with Gasteiger partial charge in [0.1, 0.15) is 0 Å². The van der Waals surface area contributed by atoms with Crippen LogP contribution in [0, 0.1) is 13.8 Å². The van der Waals surface area contributed by atoms with Crippen molar-refractivity contribution in [3.05, 3.63) is 82.9 Å². The molecule has 2 rings (SSSR count). The van der Waals surface area contributed by atoms with E-state index in [1.165, 1.54) is 33.4 Å². The molecule has 1 atom stereocenters. The molecule has 0 amide bonds. The summed E-state index contributed by atoms with van der Waals surface area (Å²) < 4.78 is 5.84. The van der Waals surface area contributed by atoms with Crippen LogP contribution in [0.15, 0.2) is 60.7 Å². The number of allylic oxidation sites excluding steroid dienone is 2. The zero-order valence-corrected chi connectivity index (χ0v) is 20.1. The van der Waals surface area contributed by atoms with E-state index in [1.54, 1.807) is 0 Å². The van der Waals surface area contributed by atoms with Crippen molar-refractivity contribution >= 4 is 20.5 Å². The van der Waals surface area contributed by atoms with Crippen molar-refractivity contribution in [2.24, 2.45) is 0 Å². The summed E-state index contributed by atoms with van der Waals surface area (Å²) in [6.45, 7) is 13.6. The maximum absolute atomic E-state index is 5.84. The minimum atomic E-state index is 0.722. The van der Waals surface area contributed by atoms with Crippen molar-refractivity contribution in [3.8, 4) is 0 Å². The maximum Gasteiger partial charge on any atom is 0.0594 e. The minimum absolute atomic E-state index is 0.722. The Morgan fingerprint density at radius 2 is 1.37 bits per heavy atom. The molecule has 0 radical (unpaired) electrons.